The van der Waals surface area contributed by atoms with Crippen LogP contribution in [0.25, 0.3) is 0 Å². The van der Waals surface area contributed by atoms with E-state index in [1.54, 1.807) is 19.1 Å². The molecule has 0 atom stereocenters. The molecule has 2 N–H and O–H groups in total. The number of alkyl halides is 2. The van der Waals surface area contributed by atoms with Crippen LogP contribution < -0.4 is 14.8 Å². The fourth-order valence-corrected chi connectivity index (χ4v) is 2.25. The molecule has 0 heterocycles. The summed E-state index contributed by atoms with van der Waals surface area (Å²) in [7, 11) is 0. The van der Waals surface area contributed by atoms with Gasteiger partial charge in [0.2, 0.25) is 0 Å². The number of hydrogen-bond donors (Lipinski definition) is 2. The molecule has 0 saturated carbocycles. The molecule has 0 aliphatic heterocycles. The maximum atomic E-state index is 12.4. The lowest BCUT2D eigenvalue weighted by molar-refractivity contribution is -0.0514. The SMILES string of the molecule is CCOc1cc(CNc2ccc(CCO)cc2)ccc1OC(F)F. The minimum absolute atomic E-state index is 0.0314. The summed E-state index contributed by atoms with van der Waals surface area (Å²) in [5.41, 5.74) is 2.89. The summed E-state index contributed by atoms with van der Waals surface area (Å²) in [5, 5.41) is 12.2. The van der Waals surface area contributed by atoms with Crippen molar-refractivity contribution in [2.24, 2.45) is 0 Å². The van der Waals surface area contributed by atoms with Crippen LogP contribution in [0.15, 0.2) is 42.5 Å². The van der Waals surface area contributed by atoms with Gasteiger partial charge in [0.15, 0.2) is 11.5 Å². The highest BCUT2D eigenvalue weighted by Gasteiger charge is 2.11. The average Bonchev–Trinajstić information content (AvgIpc) is 2.56. The first-order chi connectivity index (χ1) is 11.6. The van der Waals surface area contributed by atoms with E-state index in [-0.39, 0.29) is 12.4 Å². The zero-order chi connectivity index (χ0) is 17.4. The molecule has 2 aromatic carbocycles. The molecule has 0 unspecified atom stereocenters. The molecule has 130 valence electrons. The third-order valence-corrected chi connectivity index (χ3v) is 3.38. The average molecular weight is 337 g/mol. The summed E-state index contributed by atoms with van der Waals surface area (Å²) < 4.78 is 34.6. The number of anilines is 1. The van der Waals surface area contributed by atoms with Crippen LogP contribution in [0.2, 0.25) is 0 Å². The van der Waals surface area contributed by atoms with Gasteiger partial charge in [-0.3, -0.25) is 0 Å². The van der Waals surface area contributed by atoms with E-state index in [0.717, 1.165) is 16.8 Å². The van der Waals surface area contributed by atoms with Crippen molar-refractivity contribution < 1.29 is 23.4 Å². The zero-order valence-corrected chi connectivity index (χ0v) is 13.5. The van der Waals surface area contributed by atoms with E-state index in [0.29, 0.717) is 25.3 Å². The highest BCUT2D eigenvalue weighted by atomic mass is 19.3. The van der Waals surface area contributed by atoms with Gasteiger partial charge in [-0.05, 0) is 48.7 Å². The van der Waals surface area contributed by atoms with Crippen LogP contribution in [-0.2, 0) is 13.0 Å². The van der Waals surface area contributed by atoms with Crippen molar-refractivity contribution in [1.82, 2.24) is 0 Å². The summed E-state index contributed by atoms with van der Waals surface area (Å²) in [6.07, 6.45) is 0.629. The van der Waals surface area contributed by atoms with Gasteiger partial charge >= 0.3 is 6.61 Å². The normalized spacial score (nSPS) is 10.7. The molecule has 0 aliphatic rings. The second kappa shape index (κ2) is 9.08. The lowest BCUT2D eigenvalue weighted by atomic mass is 10.1. The number of aliphatic hydroxyl groups excluding tert-OH is 1. The quantitative estimate of drug-likeness (QED) is 0.730. The number of halogens is 2. The number of nitrogens with one attached hydrogen (secondary N) is 1. The van der Waals surface area contributed by atoms with Crippen LogP contribution in [0.4, 0.5) is 14.5 Å². The minimum Gasteiger partial charge on any atom is -0.490 e. The molecule has 6 heteroatoms. The second-order valence-electron chi connectivity index (χ2n) is 5.12. The van der Waals surface area contributed by atoms with Gasteiger partial charge in [0, 0.05) is 18.8 Å². The van der Waals surface area contributed by atoms with Crippen molar-refractivity contribution in [2.75, 3.05) is 18.5 Å². The lowest BCUT2D eigenvalue weighted by Gasteiger charge is -2.13. The molecule has 0 bridgehead atoms. The fraction of sp³-hybridized carbons (Fsp3) is 0.333. The summed E-state index contributed by atoms with van der Waals surface area (Å²) in [6, 6.07) is 12.7. The number of benzene rings is 2. The summed E-state index contributed by atoms with van der Waals surface area (Å²) in [6.45, 7) is -0.0898. The predicted molar refractivity (Wildman–Crippen MR) is 88.8 cm³/mol. The number of hydrogen-bond acceptors (Lipinski definition) is 4. The summed E-state index contributed by atoms with van der Waals surface area (Å²) in [4.78, 5) is 0. The molecule has 0 spiro atoms. The molecular formula is C18H21F2NO3. The summed E-state index contributed by atoms with van der Waals surface area (Å²) >= 11 is 0. The van der Waals surface area contributed by atoms with Crippen molar-refractivity contribution in [3.05, 3.63) is 53.6 Å². The Kier molecular flexibility index (Phi) is 6.81. The van der Waals surface area contributed by atoms with E-state index in [1.807, 2.05) is 24.3 Å². The van der Waals surface area contributed by atoms with Crippen LogP contribution >= 0.6 is 0 Å². The Morgan fingerprint density at radius 3 is 2.38 bits per heavy atom. The van der Waals surface area contributed by atoms with Gasteiger partial charge in [0.25, 0.3) is 0 Å². The molecular weight excluding hydrogens is 316 g/mol. The standard InChI is InChI=1S/C18H21F2NO3/c1-2-23-17-11-14(5-8-16(17)24-18(19)20)12-21-15-6-3-13(4-7-15)9-10-22/h3-8,11,18,21-22H,2,9-10,12H2,1H3. The zero-order valence-electron chi connectivity index (χ0n) is 13.5. The van der Waals surface area contributed by atoms with Crippen molar-refractivity contribution in [2.45, 2.75) is 26.5 Å². The van der Waals surface area contributed by atoms with Crippen molar-refractivity contribution >= 4 is 5.69 Å². The van der Waals surface area contributed by atoms with E-state index in [4.69, 9.17) is 9.84 Å². The fourth-order valence-electron chi connectivity index (χ4n) is 2.25. The summed E-state index contributed by atoms with van der Waals surface area (Å²) in [5.74, 6) is 0.333. The van der Waals surface area contributed by atoms with E-state index >= 15 is 0 Å². The molecule has 0 amide bonds. The van der Waals surface area contributed by atoms with Crippen molar-refractivity contribution in [3.63, 3.8) is 0 Å². The number of rotatable bonds is 9. The molecule has 2 rings (SSSR count). The molecule has 4 nitrogen and oxygen atoms in total. The molecule has 0 aromatic heterocycles. The Hall–Kier alpha value is -2.34. The first-order valence-electron chi connectivity index (χ1n) is 7.76. The van der Waals surface area contributed by atoms with Gasteiger partial charge in [-0.1, -0.05) is 18.2 Å². The van der Waals surface area contributed by atoms with E-state index in [9.17, 15) is 8.78 Å². The molecule has 0 aliphatic carbocycles. The number of aliphatic hydroxyl groups is 1. The lowest BCUT2D eigenvalue weighted by Crippen LogP contribution is -2.06. The van der Waals surface area contributed by atoms with Gasteiger partial charge < -0.3 is 19.9 Å². The van der Waals surface area contributed by atoms with Crippen LogP contribution in [0.3, 0.4) is 0 Å². The molecule has 2 aromatic rings. The predicted octanol–water partition coefficient (Wildman–Crippen LogP) is 3.83. The molecule has 0 saturated heterocycles. The smallest absolute Gasteiger partial charge is 0.387 e. The Morgan fingerprint density at radius 2 is 1.75 bits per heavy atom. The van der Waals surface area contributed by atoms with E-state index in [1.165, 1.54) is 6.07 Å². The second-order valence-corrected chi connectivity index (χ2v) is 5.12. The van der Waals surface area contributed by atoms with Gasteiger partial charge in [0.05, 0.1) is 6.61 Å². The Bertz CT molecular complexity index is 633. The van der Waals surface area contributed by atoms with Crippen LogP contribution in [0.1, 0.15) is 18.1 Å². The monoisotopic (exact) mass is 337 g/mol. The van der Waals surface area contributed by atoms with Gasteiger partial charge in [0.1, 0.15) is 0 Å². The first kappa shape index (κ1) is 18.0. The molecule has 0 radical (unpaired) electrons. The third kappa shape index (κ3) is 5.38. The maximum Gasteiger partial charge on any atom is 0.387 e. The highest BCUT2D eigenvalue weighted by molar-refractivity contribution is 5.47. The Morgan fingerprint density at radius 1 is 1.04 bits per heavy atom. The first-order valence-corrected chi connectivity index (χ1v) is 7.76. The van der Waals surface area contributed by atoms with Gasteiger partial charge in [-0.25, -0.2) is 0 Å². The van der Waals surface area contributed by atoms with Gasteiger partial charge in [-0.2, -0.15) is 8.78 Å². The third-order valence-electron chi connectivity index (χ3n) is 3.38. The van der Waals surface area contributed by atoms with Crippen LogP contribution in [0, 0.1) is 0 Å². The Labute approximate surface area is 140 Å². The van der Waals surface area contributed by atoms with E-state index in [2.05, 4.69) is 10.1 Å². The van der Waals surface area contributed by atoms with E-state index < -0.39 is 6.61 Å². The Balaban J connectivity index is 2.02. The minimum atomic E-state index is -2.88. The largest absolute Gasteiger partial charge is 0.490 e. The molecule has 24 heavy (non-hydrogen) atoms. The number of ether oxygens (including phenoxy) is 2. The van der Waals surface area contributed by atoms with Gasteiger partial charge in [-0.15, -0.1) is 0 Å². The van der Waals surface area contributed by atoms with Crippen molar-refractivity contribution in [1.29, 1.82) is 0 Å². The maximum absolute atomic E-state index is 12.4. The van der Waals surface area contributed by atoms with Crippen LogP contribution in [-0.4, -0.2) is 24.9 Å². The highest BCUT2D eigenvalue weighted by Crippen LogP contribution is 2.30. The molecule has 0 fully saturated rings. The van der Waals surface area contributed by atoms with Crippen LogP contribution in [0.5, 0.6) is 11.5 Å². The van der Waals surface area contributed by atoms with Crippen molar-refractivity contribution in [3.8, 4) is 11.5 Å². The topological polar surface area (TPSA) is 50.7 Å².